The van der Waals surface area contributed by atoms with Crippen molar-refractivity contribution in [2.75, 3.05) is 32.8 Å². The molecular formula is C39H49IN6O8S. The summed E-state index contributed by atoms with van der Waals surface area (Å²) in [5.41, 5.74) is 1.75. The van der Waals surface area contributed by atoms with Crippen molar-refractivity contribution in [3.05, 3.63) is 47.7 Å². The molecule has 55 heavy (non-hydrogen) atoms. The second kappa shape index (κ2) is 14.5. The maximum absolute atomic E-state index is 14.8. The van der Waals surface area contributed by atoms with E-state index in [4.69, 9.17) is 14.5 Å². The number of halogens is 1. The molecule has 14 nitrogen and oxygen atoms in total. The quantitative estimate of drug-likeness (QED) is 0.179. The highest BCUT2D eigenvalue weighted by Gasteiger charge is 2.68. The number of aryl methyl sites for hydroxylation is 2. The van der Waals surface area contributed by atoms with E-state index >= 15 is 0 Å². The predicted molar refractivity (Wildman–Crippen MR) is 212 cm³/mol. The van der Waals surface area contributed by atoms with Crippen LogP contribution in [0.25, 0.3) is 10.9 Å². The number of para-hydroxylation sites is 1. The van der Waals surface area contributed by atoms with Gasteiger partial charge in [0.1, 0.15) is 27.0 Å². The minimum atomic E-state index is -3.90. The van der Waals surface area contributed by atoms with Crippen molar-refractivity contribution in [3.8, 4) is 5.75 Å². The van der Waals surface area contributed by atoms with Gasteiger partial charge in [-0.3, -0.25) is 19.1 Å². The normalized spacial score (nSPS) is 32.5. The number of hydrogen-bond acceptors (Lipinski definition) is 9. The lowest BCUT2D eigenvalue weighted by Gasteiger charge is -2.37. The number of aromatic nitrogens is 1. The third-order valence-corrected chi connectivity index (χ3v) is 16.3. The first-order chi connectivity index (χ1) is 26.2. The summed E-state index contributed by atoms with van der Waals surface area (Å²) in [6.07, 6.45) is 9.66. The van der Waals surface area contributed by atoms with Gasteiger partial charge in [-0.05, 0) is 64.9 Å². The largest absolute Gasteiger partial charge is 0.483 e. The Bertz CT molecular complexity index is 2050. The Balaban J connectivity index is 1.11. The summed E-state index contributed by atoms with van der Waals surface area (Å²) in [6.45, 7) is 5.33. The molecule has 5 heterocycles. The van der Waals surface area contributed by atoms with E-state index in [9.17, 15) is 27.6 Å². The minimum absolute atomic E-state index is 0.123. The van der Waals surface area contributed by atoms with Gasteiger partial charge in [-0.15, -0.1) is 0 Å². The fourth-order valence-electron chi connectivity index (χ4n) is 8.75. The Kier molecular flexibility index (Phi) is 10.1. The second-order valence-corrected chi connectivity index (χ2v) is 20.3. The number of allylic oxidation sites excluding steroid dienone is 1. The summed E-state index contributed by atoms with van der Waals surface area (Å²) >= 11 is 2.07. The molecule has 0 radical (unpaired) electrons. The molecule has 0 bridgehead atoms. The Morgan fingerprint density at radius 3 is 2.60 bits per heavy atom. The van der Waals surface area contributed by atoms with Crippen LogP contribution >= 0.6 is 22.6 Å². The monoisotopic (exact) mass is 888 g/mol. The van der Waals surface area contributed by atoms with Crippen molar-refractivity contribution in [3.63, 3.8) is 0 Å². The number of fused-ring (bicyclic) bond motifs is 5. The number of carbonyl (C=O) groups excluding carboxylic acids is 4. The van der Waals surface area contributed by atoms with Crippen LogP contribution in [-0.2, 0) is 35.6 Å². The highest BCUT2D eigenvalue weighted by molar-refractivity contribution is 14.1. The number of hydrogen-bond donors (Lipinski definition) is 3. The summed E-state index contributed by atoms with van der Waals surface area (Å²) in [5, 5.41) is 7.14. The van der Waals surface area contributed by atoms with Crippen molar-refractivity contribution >= 4 is 67.3 Å². The lowest BCUT2D eigenvalue weighted by atomic mass is 9.87. The lowest BCUT2D eigenvalue weighted by Crippen LogP contribution is -2.57. The van der Waals surface area contributed by atoms with Gasteiger partial charge < -0.3 is 29.9 Å². The van der Waals surface area contributed by atoms with Gasteiger partial charge in [-0.25, -0.2) is 18.2 Å². The van der Waals surface area contributed by atoms with Gasteiger partial charge in [0.15, 0.2) is 0 Å². The van der Waals surface area contributed by atoms with Gasteiger partial charge in [0, 0.05) is 36.4 Å². The summed E-state index contributed by atoms with van der Waals surface area (Å²) in [6, 6.07) is 5.73. The number of morpholine rings is 1. The lowest BCUT2D eigenvalue weighted by molar-refractivity contribution is -0.140. The van der Waals surface area contributed by atoms with Gasteiger partial charge >= 0.3 is 6.03 Å². The molecule has 3 N–H and O–H groups in total. The summed E-state index contributed by atoms with van der Waals surface area (Å²) < 4.78 is 38.7. The van der Waals surface area contributed by atoms with Crippen molar-refractivity contribution in [2.45, 2.75) is 104 Å². The summed E-state index contributed by atoms with van der Waals surface area (Å²) in [7, 11) is -3.90. The molecule has 1 unspecified atom stereocenters. The van der Waals surface area contributed by atoms with Crippen LogP contribution in [0.3, 0.4) is 0 Å². The van der Waals surface area contributed by atoms with Gasteiger partial charge in [0.05, 0.1) is 41.6 Å². The zero-order valence-electron chi connectivity index (χ0n) is 31.3. The molecule has 4 fully saturated rings. The molecule has 5 amide bonds. The van der Waals surface area contributed by atoms with Crippen molar-refractivity contribution in [1.82, 2.24) is 30.1 Å². The molecule has 16 heteroatoms. The van der Waals surface area contributed by atoms with Gasteiger partial charge in [0.2, 0.25) is 27.7 Å². The average molecular weight is 889 g/mol. The molecular weight excluding hydrogens is 839 g/mol. The van der Waals surface area contributed by atoms with Gasteiger partial charge in [0.25, 0.3) is 0 Å². The average Bonchev–Trinajstić information content (AvgIpc) is 4.01. The first kappa shape index (κ1) is 38.4. The Morgan fingerprint density at radius 2 is 1.84 bits per heavy atom. The van der Waals surface area contributed by atoms with Gasteiger partial charge in [-0.2, -0.15) is 0 Å². The van der Waals surface area contributed by atoms with E-state index < -0.39 is 59.7 Å². The van der Waals surface area contributed by atoms with Crippen LogP contribution in [0.2, 0.25) is 0 Å². The number of carbonyl (C=O) groups is 4. The van der Waals surface area contributed by atoms with Crippen LogP contribution in [0.5, 0.6) is 5.75 Å². The fourth-order valence-corrected chi connectivity index (χ4v) is 11.4. The molecule has 1 aromatic carbocycles. The molecule has 8 rings (SSSR count). The van der Waals surface area contributed by atoms with Crippen LogP contribution in [0.1, 0.15) is 76.0 Å². The van der Waals surface area contributed by atoms with Crippen molar-refractivity contribution in [2.24, 2.45) is 11.8 Å². The first-order valence-corrected chi connectivity index (χ1v) is 22.1. The number of urea groups is 1. The molecule has 1 spiro atoms. The molecule has 1 aromatic heterocycles. The van der Waals surface area contributed by atoms with Crippen LogP contribution in [0.4, 0.5) is 4.79 Å². The number of amides is 5. The van der Waals surface area contributed by atoms with Gasteiger partial charge in [-0.1, -0.05) is 65.8 Å². The van der Waals surface area contributed by atoms with E-state index in [1.165, 1.54) is 0 Å². The number of nitrogens with one attached hydrogen (secondary N) is 3. The molecule has 296 valence electrons. The zero-order valence-corrected chi connectivity index (χ0v) is 34.2. The second-order valence-electron chi connectivity index (χ2n) is 16.3. The number of rotatable bonds is 4. The Hall–Kier alpha value is -3.51. The maximum Gasteiger partial charge on any atom is 0.318 e. The van der Waals surface area contributed by atoms with Crippen LogP contribution in [0, 0.1) is 18.8 Å². The summed E-state index contributed by atoms with van der Waals surface area (Å²) in [4.78, 5) is 64.7. The highest BCUT2D eigenvalue weighted by atomic mass is 127. The number of benzene rings is 1. The number of alkyl halides is 1. The molecule has 2 aliphatic carbocycles. The molecule has 4 aliphatic heterocycles. The smallest absolute Gasteiger partial charge is 0.318 e. The predicted octanol–water partition coefficient (Wildman–Crippen LogP) is 3.63. The Labute approximate surface area is 335 Å². The number of sulfonamides is 1. The van der Waals surface area contributed by atoms with Crippen LogP contribution in [-0.4, -0.2) is 106 Å². The van der Waals surface area contributed by atoms with Crippen molar-refractivity contribution < 1.29 is 37.1 Å². The topological polar surface area (TPSA) is 176 Å². The fraction of sp³-hybridized carbons (Fsp3) is 0.615. The van der Waals surface area contributed by atoms with E-state index in [0.29, 0.717) is 77.0 Å². The molecule has 2 aromatic rings. The third kappa shape index (κ3) is 7.19. The zero-order chi connectivity index (χ0) is 38.8. The number of nitrogens with zero attached hydrogens (tertiary/aromatic N) is 3. The van der Waals surface area contributed by atoms with Crippen molar-refractivity contribution in [1.29, 1.82) is 0 Å². The summed E-state index contributed by atoms with van der Waals surface area (Å²) in [5.74, 6) is -2.09. The minimum Gasteiger partial charge on any atom is -0.483 e. The van der Waals surface area contributed by atoms with E-state index in [-0.39, 0.29) is 24.9 Å². The van der Waals surface area contributed by atoms with E-state index in [0.717, 1.165) is 35.0 Å². The first-order valence-electron chi connectivity index (χ1n) is 19.5. The maximum atomic E-state index is 14.8. The van der Waals surface area contributed by atoms with E-state index in [1.807, 2.05) is 43.3 Å². The molecule has 2 saturated carbocycles. The van der Waals surface area contributed by atoms with E-state index in [2.05, 4.69) is 37.9 Å². The molecule has 6 atom stereocenters. The number of ether oxygens (including phenoxy) is 2. The van der Waals surface area contributed by atoms with Crippen LogP contribution < -0.4 is 20.1 Å². The number of pyridine rings is 1. The standard InChI is InChI=1S/C39H49IN6O8S/c1-24-32-26(25-10-8-9-12-28(25)41-24)14-15-38(54-32)22-30-33(47)43-39(40)27(31(39)34(48)44-55(51,52)37(2)16-17-37)11-6-4-3-5-7-13-29(35(49)46(30)23-38)42-36(50)45-18-20-53-21-19-45/h6,8-12,27,29-31H,3-5,7,13-23H2,1-2H3,(H,42,50)(H,43,47)(H,44,48)/b11-6-/t27-,29+,30+,31?,38-,39-/m1/s1. The molecule has 2 saturated heterocycles. The third-order valence-electron chi connectivity index (χ3n) is 12.5. The highest BCUT2D eigenvalue weighted by Crippen LogP contribution is 2.57. The van der Waals surface area contributed by atoms with Crippen LogP contribution in [0.15, 0.2) is 36.4 Å². The molecule has 6 aliphatic rings. The Morgan fingerprint density at radius 1 is 1.07 bits per heavy atom. The van der Waals surface area contributed by atoms with E-state index in [1.54, 1.807) is 16.7 Å². The SMILES string of the molecule is Cc1nc2ccccc2c2c1O[C@]1(CC2)C[C@H]2C(=O)N[C@@]3(I)C(C(=O)NS(=O)(=O)C4(C)CC4)[C@H]3/C=C\CCCCC[C@H](NC(=O)N3CCOCC3)C(=O)N2C1.